The summed E-state index contributed by atoms with van der Waals surface area (Å²) in [6, 6.07) is -0.699. The molecule has 3 saturated heterocycles. The van der Waals surface area contributed by atoms with E-state index in [0.29, 0.717) is 25.8 Å². The van der Waals surface area contributed by atoms with Crippen molar-refractivity contribution in [2.75, 3.05) is 45.6 Å². The number of hydrogen-bond donors (Lipinski definition) is 0. The number of carbonyl (C=O) groups excluding carboxylic acids is 2. The van der Waals surface area contributed by atoms with Gasteiger partial charge in [-0.2, -0.15) is 0 Å². The van der Waals surface area contributed by atoms with Gasteiger partial charge >= 0.3 is 0 Å². The van der Waals surface area contributed by atoms with Crippen LogP contribution < -0.4 is 0 Å². The highest BCUT2D eigenvalue weighted by molar-refractivity contribution is 7.88. The number of carbonyl (C=O) groups is 2. The summed E-state index contributed by atoms with van der Waals surface area (Å²) < 4.78 is 30.7. The first-order valence-electron chi connectivity index (χ1n) is 9.97. The molecule has 9 heteroatoms. The maximum Gasteiger partial charge on any atom is 0.241 e. The monoisotopic (exact) mass is 401 g/mol. The van der Waals surface area contributed by atoms with Crippen molar-refractivity contribution in [2.24, 2.45) is 5.92 Å². The molecule has 0 unspecified atom stereocenters. The average Bonchev–Trinajstić information content (AvgIpc) is 3.14. The fraction of sp³-hybridized carbons (Fsp3) is 0.889. The van der Waals surface area contributed by atoms with Gasteiger partial charge in [-0.25, -0.2) is 12.7 Å². The first-order chi connectivity index (χ1) is 12.8. The number of amides is 2. The predicted molar refractivity (Wildman–Crippen MR) is 100 cm³/mol. The van der Waals surface area contributed by atoms with Crippen LogP contribution in [0.15, 0.2) is 0 Å². The minimum absolute atomic E-state index is 0.0417. The first-order valence-corrected chi connectivity index (χ1v) is 11.8. The van der Waals surface area contributed by atoms with Crippen molar-refractivity contribution >= 4 is 21.8 Å². The average molecular weight is 402 g/mol. The second-order valence-electron chi connectivity index (χ2n) is 7.78. The molecule has 0 spiro atoms. The van der Waals surface area contributed by atoms with E-state index in [9.17, 15) is 18.0 Å². The Balaban J connectivity index is 1.64. The van der Waals surface area contributed by atoms with Crippen molar-refractivity contribution in [2.45, 2.75) is 51.1 Å². The lowest BCUT2D eigenvalue weighted by Gasteiger charge is -2.29. The van der Waals surface area contributed by atoms with Crippen LogP contribution in [0.3, 0.4) is 0 Å². The maximum absolute atomic E-state index is 12.8. The van der Waals surface area contributed by atoms with E-state index in [-0.39, 0.29) is 17.9 Å². The number of hydrogen-bond acceptors (Lipinski definition) is 6. The Kier molecular flexibility index (Phi) is 6.43. The van der Waals surface area contributed by atoms with Gasteiger partial charge in [0.1, 0.15) is 0 Å². The summed E-state index contributed by atoms with van der Waals surface area (Å²) >= 11 is 0. The number of morpholine rings is 1. The second-order valence-corrected chi connectivity index (χ2v) is 9.64. The molecule has 0 aliphatic carbocycles. The lowest BCUT2D eigenvalue weighted by Crippen LogP contribution is -2.43. The van der Waals surface area contributed by atoms with Crippen LogP contribution in [0, 0.1) is 5.92 Å². The molecule has 3 heterocycles. The zero-order valence-corrected chi connectivity index (χ0v) is 17.1. The number of ether oxygens (including phenoxy) is 1. The summed E-state index contributed by atoms with van der Waals surface area (Å²) in [6.45, 7) is 6.67. The molecule has 8 nitrogen and oxygen atoms in total. The Morgan fingerprint density at radius 2 is 1.93 bits per heavy atom. The highest BCUT2D eigenvalue weighted by atomic mass is 32.2. The summed E-state index contributed by atoms with van der Waals surface area (Å²) in [6.07, 6.45) is 4.24. The number of sulfonamides is 1. The third-order valence-electron chi connectivity index (χ3n) is 5.91. The van der Waals surface area contributed by atoms with Gasteiger partial charge in [0.05, 0.1) is 37.5 Å². The summed E-state index contributed by atoms with van der Waals surface area (Å²) in [7, 11) is -3.61. The van der Waals surface area contributed by atoms with E-state index in [0.717, 1.165) is 56.3 Å². The summed E-state index contributed by atoms with van der Waals surface area (Å²) in [5.74, 6) is -0.694. The van der Waals surface area contributed by atoms with Gasteiger partial charge in [0.2, 0.25) is 21.8 Å². The Labute approximate surface area is 161 Å². The van der Waals surface area contributed by atoms with Crippen molar-refractivity contribution in [1.82, 2.24) is 14.1 Å². The molecule has 3 atom stereocenters. The van der Waals surface area contributed by atoms with E-state index in [1.54, 1.807) is 4.90 Å². The number of nitrogens with zero attached hydrogens (tertiary/aromatic N) is 3. The minimum Gasteiger partial charge on any atom is -0.379 e. The van der Waals surface area contributed by atoms with Gasteiger partial charge in [-0.15, -0.1) is 0 Å². The van der Waals surface area contributed by atoms with Crippen molar-refractivity contribution in [1.29, 1.82) is 0 Å². The van der Waals surface area contributed by atoms with Gasteiger partial charge in [-0.3, -0.25) is 14.5 Å². The number of likely N-dealkylation sites (tertiary alicyclic amines) is 1. The fourth-order valence-electron chi connectivity index (χ4n) is 4.74. The molecule has 0 aromatic carbocycles. The molecule has 0 N–H and O–H groups in total. The van der Waals surface area contributed by atoms with Gasteiger partial charge in [0, 0.05) is 26.1 Å². The highest BCUT2D eigenvalue weighted by Crippen LogP contribution is 2.40. The lowest BCUT2D eigenvalue weighted by atomic mass is 9.94. The Morgan fingerprint density at radius 1 is 1.22 bits per heavy atom. The molecule has 0 radical (unpaired) electrons. The normalized spacial score (nSPS) is 29.4. The van der Waals surface area contributed by atoms with E-state index in [1.807, 2.05) is 6.92 Å². The Morgan fingerprint density at radius 3 is 2.56 bits per heavy atom. The van der Waals surface area contributed by atoms with E-state index < -0.39 is 22.0 Å². The molecule has 3 aliphatic heterocycles. The standard InChI is InChI=1S/C18H31N3O5S/c1-3-5-14-17-15(21(18(14)23)27(2,24)25)7-9-20(17)16(22)6-4-8-19-10-12-26-13-11-19/h14-15,17H,3-13H2,1-2H3/t14-,15+,17-/m1/s1. The van der Waals surface area contributed by atoms with Crippen LogP contribution in [-0.4, -0.2) is 92.1 Å². The van der Waals surface area contributed by atoms with Crippen molar-refractivity contribution in [3.8, 4) is 0 Å². The zero-order chi connectivity index (χ0) is 19.6. The summed E-state index contributed by atoms with van der Waals surface area (Å²) in [4.78, 5) is 29.7. The molecule has 3 aliphatic rings. The van der Waals surface area contributed by atoms with Gasteiger partial charge < -0.3 is 9.64 Å². The van der Waals surface area contributed by atoms with Crippen LogP contribution in [0.1, 0.15) is 39.0 Å². The predicted octanol–water partition coefficient (Wildman–Crippen LogP) is 0.286. The van der Waals surface area contributed by atoms with Crippen LogP contribution >= 0.6 is 0 Å². The Bertz CT molecular complexity index is 662. The second kappa shape index (κ2) is 8.45. The van der Waals surface area contributed by atoms with E-state index >= 15 is 0 Å². The Hall–Kier alpha value is -1.19. The van der Waals surface area contributed by atoms with Crippen molar-refractivity contribution in [3.05, 3.63) is 0 Å². The van der Waals surface area contributed by atoms with Gasteiger partial charge in [0.25, 0.3) is 0 Å². The van der Waals surface area contributed by atoms with Gasteiger partial charge in [-0.1, -0.05) is 13.3 Å². The first kappa shape index (κ1) is 20.5. The van der Waals surface area contributed by atoms with Crippen LogP contribution in [0.4, 0.5) is 0 Å². The zero-order valence-electron chi connectivity index (χ0n) is 16.3. The molecule has 3 rings (SSSR count). The SMILES string of the molecule is CCC[C@H]1C(=O)N(S(C)(=O)=O)[C@H]2CCN(C(=O)CCCN3CCOCC3)[C@H]12. The molecule has 0 aromatic rings. The largest absolute Gasteiger partial charge is 0.379 e. The van der Waals surface area contributed by atoms with Crippen LogP contribution in [0.2, 0.25) is 0 Å². The molecule has 0 aromatic heterocycles. The molecular weight excluding hydrogens is 370 g/mol. The van der Waals surface area contributed by atoms with E-state index in [1.165, 1.54) is 0 Å². The van der Waals surface area contributed by atoms with E-state index in [2.05, 4.69) is 4.90 Å². The number of fused-ring (bicyclic) bond motifs is 1. The van der Waals surface area contributed by atoms with Crippen LogP contribution in [0.5, 0.6) is 0 Å². The van der Waals surface area contributed by atoms with Gasteiger partial charge in [0.15, 0.2) is 0 Å². The molecule has 3 fully saturated rings. The minimum atomic E-state index is -3.61. The molecule has 0 bridgehead atoms. The molecule has 27 heavy (non-hydrogen) atoms. The molecule has 154 valence electrons. The topological polar surface area (TPSA) is 87.2 Å². The van der Waals surface area contributed by atoms with Crippen LogP contribution in [0.25, 0.3) is 0 Å². The molecular formula is C18H31N3O5S. The summed E-state index contributed by atoms with van der Waals surface area (Å²) in [5.41, 5.74) is 0. The summed E-state index contributed by atoms with van der Waals surface area (Å²) in [5, 5.41) is 0. The maximum atomic E-state index is 12.8. The third kappa shape index (κ3) is 4.30. The van der Waals surface area contributed by atoms with Crippen molar-refractivity contribution < 1.29 is 22.7 Å². The number of rotatable bonds is 7. The highest BCUT2D eigenvalue weighted by Gasteiger charge is 2.56. The van der Waals surface area contributed by atoms with Gasteiger partial charge in [-0.05, 0) is 25.8 Å². The quantitative estimate of drug-likeness (QED) is 0.609. The molecule has 0 saturated carbocycles. The van der Waals surface area contributed by atoms with Crippen molar-refractivity contribution in [3.63, 3.8) is 0 Å². The smallest absolute Gasteiger partial charge is 0.241 e. The third-order valence-corrected chi connectivity index (χ3v) is 7.08. The van der Waals surface area contributed by atoms with Crippen LogP contribution in [-0.2, 0) is 24.3 Å². The lowest BCUT2D eigenvalue weighted by molar-refractivity contribution is -0.134. The fourth-order valence-corrected chi connectivity index (χ4v) is 5.93. The molecule has 2 amide bonds. The van der Waals surface area contributed by atoms with E-state index in [4.69, 9.17) is 4.74 Å².